The quantitative estimate of drug-likeness (QED) is 0.735. The molecule has 1 unspecified atom stereocenters. The molecule has 0 saturated heterocycles. The molecule has 8 heteroatoms. The van der Waals surface area contributed by atoms with Gasteiger partial charge >= 0.3 is 11.7 Å². The van der Waals surface area contributed by atoms with Gasteiger partial charge in [-0.1, -0.05) is 30.3 Å². The van der Waals surface area contributed by atoms with Gasteiger partial charge in [-0.3, -0.25) is 18.7 Å². The van der Waals surface area contributed by atoms with E-state index < -0.39 is 23.3 Å². The lowest BCUT2D eigenvalue weighted by molar-refractivity contribution is -0.141. The number of carbonyl (C=O) groups is 2. The first-order chi connectivity index (χ1) is 12.8. The molecule has 0 spiro atoms. The van der Waals surface area contributed by atoms with Crippen LogP contribution in [-0.2, 0) is 18.9 Å². The minimum absolute atomic E-state index is 0.0493. The Hall–Kier alpha value is -3.42. The van der Waals surface area contributed by atoms with E-state index in [1.54, 1.807) is 30.3 Å². The Morgan fingerprint density at radius 2 is 1.70 bits per heavy atom. The molecule has 0 aliphatic carbocycles. The van der Waals surface area contributed by atoms with E-state index in [2.05, 4.69) is 0 Å². The SMILES string of the molecule is Cn1c(=O)c2c(-c3ccccc3)n3c(c2n(C)c1=O)C(=O)CCC3C(=O)O. The van der Waals surface area contributed by atoms with Gasteiger partial charge in [0.1, 0.15) is 11.7 Å². The van der Waals surface area contributed by atoms with Gasteiger partial charge in [0.2, 0.25) is 0 Å². The molecule has 0 fully saturated rings. The van der Waals surface area contributed by atoms with E-state index in [0.717, 1.165) is 4.57 Å². The molecule has 8 nitrogen and oxygen atoms in total. The van der Waals surface area contributed by atoms with E-state index in [4.69, 9.17) is 0 Å². The summed E-state index contributed by atoms with van der Waals surface area (Å²) in [6, 6.07) is 7.87. The van der Waals surface area contributed by atoms with E-state index in [1.807, 2.05) is 0 Å². The third kappa shape index (κ3) is 2.22. The lowest BCUT2D eigenvalue weighted by Gasteiger charge is -2.24. The molecule has 138 valence electrons. The Kier molecular flexibility index (Phi) is 3.66. The van der Waals surface area contributed by atoms with Gasteiger partial charge in [-0.15, -0.1) is 0 Å². The molecule has 4 rings (SSSR count). The third-order valence-corrected chi connectivity index (χ3v) is 5.16. The first-order valence-corrected chi connectivity index (χ1v) is 8.50. The normalized spacial score (nSPS) is 16.5. The molecule has 27 heavy (non-hydrogen) atoms. The predicted octanol–water partition coefficient (Wildman–Crippen LogP) is 1.31. The number of rotatable bonds is 2. The number of hydrogen-bond donors (Lipinski definition) is 1. The van der Waals surface area contributed by atoms with Crippen LogP contribution in [0.2, 0.25) is 0 Å². The third-order valence-electron chi connectivity index (χ3n) is 5.16. The van der Waals surface area contributed by atoms with Crippen LogP contribution >= 0.6 is 0 Å². The summed E-state index contributed by atoms with van der Waals surface area (Å²) in [5.74, 6) is -1.36. The van der Waals surface area contributed by atoms with Crippen LogP contribution in [0.4, 0.5) is 0 Å². The van der Waals surface area contributed by atoms with Crippen LogP contribution in [0.5, 0.6) is 0 Å². The smallest absolute Gasteiger partial charge is 0.331 e. The van der Waals surface area contributed by atoms with Crippen molar-refractivity contribution in [2.24, 2.45) is 14.1 Å². The first-order valence-electron chi connectivity index (χ1n) is 8.50. The van der Waals surface area contributed by atoms with Gasteiger partial charge in [0, 0.05) is 20.5 Å². The molecule has 1 aliphatic heterocycles. The highest BCUT2D eigenvalue weighted by Gasteiger charge is 2.37. The van der Waals surface area contributed by atoms with E-state index >= 15 is 0 Å². The van der Waals surface area contributed by atoms with Crippen molar-refractivity contribution in [3.05, 3.63) is 56.9 Å². The summed E-state index contributed by atoms with van der Waals surface area (Å²) < 4.78 is 3.65. The summed E-state index contributed by atoms with van der Waals surface area (Å²) >= 11 is 0. The molecular weight excluding hydrogens is 350 g/mol. The van der Waals surface area contributed by atoms with E-state index in [-0.39, 0.29) is 35.2 Å². The van der Waals surface area contributed by atoms with Crippen molar-refractivity contribution in [3.8, 4) is 11.3 Å². The highest BCUT2D eigenvalue weighted by molar-refractivity contribution is 6.12. The van der Waals surface area contributed by atoms with Gasteiger partial charge < -0.3 is 9.67 Å². The van der Waals surface area contributed by atoms with Crippen molar-refractivity contribution < 1.29 is 14.7 Å². The number of benzene rings is 1. The maximum atomic E-state index is 13.0. The monoisotopic (exact) mass is 367 g/mol. The number of carbonyl (C=O) groups excluding carboxylic acids is 1. The highest BCUT2D eigenvalue weighted by atomic mass is 16.4. The largest absolute Gasteiger partial charge is 0.480 e. The fraction of sp³-hybridized carbons (Fsp3) is 0.263. The molecular formula is C19H17N3O5. The zero-order chi connectivity index (χ0) is 19.5. The number of hydrogen-bond acceptors (Lipinski definition) is 4. The first kappa shape index (κ1) is 17.0. The number of ketones is 1. The van der Waals surface area contributed by atoms with Crippen LogP contribution in [0.1, 0.15) is 29.4 Å². The van der Waals surface area contributed by atoms with Gasteiger partial charge in [-0.05, 0) is 12.0 Å². The zero-order valence-electron chi connectivity index (χ0n) is 14.8. The Labute approximate surface area is 152 Å². The highest BCUT2D eigenvalue weighted by Crippen LogP contribution is 2.39. The average Bonchev–Trinajstić information content (AvgIpc) is 3.02. The number of aliphatic carboxylic acids is 1. The number of nitrogens with zero attached hydrogens (tertiary/aromatic N) is 3. The lowest BCUT2D eigenvalue weighted by Crippen LogP contribution is -2.37. The number of Topliss-reactive ketones (excluding diaryl/α,β-unsaturated/α-hetero) is 1. The molecule has 3 heterocycles. The van der Waals surface area contributed by atoms with E-state index in [0.29, 0.717) is 11.3 Å². The molecule has 0 amide bonds. The van der Waals surface area contributed by atoms with Crippen molar-refractivity contribution in [2.45, 2.75) is 18.9 Å². The second-order valence-corrected chi connectivity index (χ2v) is 6.68. The minimum Gasteiger partial charge on any atom is -0.480 e. The maximum absolute atomic E-state index is 13.0. The van der Waals surface area contributed by atoms with Gasteiger partial charge in [-0.25, -0.2) is 9.59 Å². The van der Waals surface area contributed by atoms with Gasteiger partial charge in [0.05, 0.1) is 16.6 Å². The summed E-state index contributed by atoms with van der Waals surface area (Å²) in [5.41, 5.74) is 0.164. The average molecular weight is 367 g/mol. The molecule has 1 N–H and O–H groups in total. The zero-order valence-corrected chi connectivity index (χ0v) is 14.8. The molecule has 1 aliphatic rings. The summed E-state index contributed by atoms with van der Waals surface area (Å²) in [7, 11) is 2.85. The number of carboxylic acid groups (broad SMARTS) is 1. The van der Waals surface area contributed by atoms with E-state index in [1.165, 1.54) is 23.2 Å². The molecule has 0 saturated carbocycles. The maximum Gasteiger partial charge on any atom is 0.331 e. The van der Waals surface area contributed by atoms with Crippen LogP contribution in [-0.4, -0.2) is 30.6 Å². The number of aromatic nitrogens is 3. The van der Waals surface area contributed by atoms with Crippen molar-refractivity contribution in [1.82, 2.24) is 13.7 Å². The standard InChI is InChI=1S/C19H17N3O5/c1-20-16-13(17(24)21(2)19(20)27)14(10-6-4-3-5-7-10)22-11(18(25)26)8-9-12(23)15(16)22/h3-7,11H,8-9H2,1-2H3,(H,25,26). The van der Waals surface area contributed by atoms with Gasteiger partial charge in [0.25, 0.3) is 5.56 Å². The van der Waals surface area contributed by atoms with Crippen LogP contribution in [0.25, 0.3) is 22.2 Å². The van der Waals surface area contributed by atoms with Gasteiger partial charge in [0.15, 0.2) is 5.78 Å². The summed E-state index contributed by atoms with van der Waals surface area (Å²) in [6.07, 6.45) is 0.184. The number of aryl methyl sites for hydroxylation is 1. The Morgan fingerprint density at radius 3 is 2.33 bits per heavy atom. The van der Waals surface area contributed by atoms with Crippen LogP contribution in [0, 0.1) is 0 Å². The summed E-state index contributed by atoms with van der Waals surface area (Å²) in [6.45, 7) is 0. The second kappa shape index (κ2) is 5.80. The van der Waals surface area contributed by atoms with Crippen molar-refractivity contribution in [2.75, 3.05) is 0 Å². The minimum atomic E-state index is -1.08. The molecule has 0 bridgehead atoms. The molecule has 0 radical (unpaired) electrons. The Morgan fingerprint density at radius 1 is 1.04 bits per heavy atom. The fourth-order valence-electron chi connectivity index (χ4n) is 3.89. The van der Waals surface area contributed by atoms with Crippen LogP contribution in [0.3, 0.4) is 0 Å². The van der Waals surface area contributed by atoms with Gasteiger partial charge in [-0.2, -0.15) is 0 Å². The van der Waals surface area contributed by atoms with Crippen LogP contribution < -0.4 is 11.2 Å². The fourth-order valence-corrected chi connectivity index (χ4v) is 3.89. The van der Waals surface area contributed by atoms with Crippen molar-refractivity contribution in [3.63, 3.8) is 0 Å². The van der Waals surface area contributed by atoms with Crippen molar-refractivity contribution in [1.29, 1.82) is 0 Å². The summed E-state index contributed by atoms with van der Waals surface area (Å²) in [4.78, 5) is 50.1. The summed E-state index contributed by atoms with van der Waals surface area (Å²) in [5, 5.41) is 9.91. The molecule has 3 aromatic rings. The Balaban J connectivity index is 2.33. The molecule has 1 atom stereocenters. The predicted molar refractivity (Wildman–Crippen MR) is 98.1 cm³/mol. The Bertz CT molecular complexity index is 1230. The van der Waals surface area contributed by atoms with Crippen LogP contribution in [0.15, 0.2) is 39.9 Å². The number of fused-ring (bicyclic) bond motifs is 3. The molecule has 2 aromatic heterocycles. The van der Waals surface area contributed by atoms with E-state index in [9.17, 15) is 24.3 Å². The molecule has 1 aromatic carbocycles. The lowest BCUT2D eigenvalue weighted by atomic mass is 10.0. The number of carboxylic acids is 1. The second-order valence-electron chi connectivity index (χ2n) is 6.68. The van der Waals surface area contributed by atoms with Crippen molar-refractivity contribution >= 4 is 22.7 Å². The topological polar surface area (TPSA) is 103 Å².